The van der Waals surface area contributed by atoms with Gasteiger partial charge in [-0.05, 0) is 30.5 Å². The van der Waals surface area contributed by atoms with Gasteiger partial charge in [-0.2, -0.15) is 0 Å². The Morgan fingerprint density at radius 3 is 3.04 bits per heavy atom. The summed E-state index contributed by atoms with van der Waals surface area (Å²) in [6.45, 7) is 1.18. The van der Waals surface area contributed by atoms with Crippen LogP contribution in [-0.2, 0) is 17.0 Å². The normalized spacial score (nSPS) is 17.2. The lowest BCUT2D eigenvalue weighted by Crippen LogP contribution is -2.24. The Bertz CT molecular complexity index is 1050. The van der Waals surface area contributed by atoms with E-state index in [0.29, 0.717) is 23.0 Å². The molecule has 4 rings (SSSR count). The van der Waals surface area contributed by atoms with Gasteiger partial charge in [-0.25, -0.2) is 14.7 Å². The number of fused-ring (bicyclic) bond motifs is 1. The van der Waals surface area contributed by atoms with Gasteiger partial charge in [0.2, 0.25) is 0 Å². The van der Waals surface area contributed by atoms with Crippen LogP contribution in [0.4, 0.5) is 0 Å². The van der Waals surface area contributed by atoms with Crippen LogP contribution >= 0.6 is 11.8 Å². The number of hydrogen-bond donors (Lipinski definition) is 2. The molecule has 3 heterocycles. The average molecular weight is 375 g/mol. The third-order valence-corrected chi connectivity index (χ3v) is 5.33. The van der Waals surface area contributed by atoms with Gasteiger partial charge in [-0.3, -0.25) is 4.57 Å². The van der Waals surface area contributed by atoms with Crippen molar-refractivity contribution in [3.05, 3.63) is 50.7 Å². The van der Waals surface area contributed by atoms with Crippen LogP contribution in [0.3, 0.4) is 0 Å². The van der Waals surface area contributed by atoms with Gasteiger partial charge in [-0.15, -0.1) is 5.10 Å². The van der Waals surface area contributed by atoms with Gasteiger partial charge in [0.15, 0.2) is 5.16 Å². The Morgan fingerprint density at radius 1 is 1.35 bits per heavy atom. The molecule has 136 valence electrons. The van der Waals surface area contributed by atoms with Crippen LogP contribution in [0.1, 0.15) is 18.4 Å². The van der Waals surface area contributed by atoms with Crippen molar-refractivity contribution in [1.82, 2.24) is 14.8 Å². The quantitative estimate of drug-likeness (QED) is 0.517. The van der Waals surface area contributed by atoms with E-state index in [1.165, 1.54) is 23.9 Å². The molecule has 1 fully saturated rings. The highest BCUT2D eigenvalue weighted by Gasteiger charge is 2.20. The Kier molecular flexibility index (Phi) is 4.56. The summed E-state index contributed by atoms with van der Waals surface area (Å²) in [6, 6.07) is 6.07. The largest absolute Gasteiger partial charge is 0.508 e. The zero-order chi connectivity index (χ0) is 18.1. The summed E-state index contributed by atoms with van der Waals surface area (Å²) >= 11 is 1.35. The molecule has 1 atom stereocenters. The smallest absolute Gasteiger partial charge is 0.344 e. The lowest BCUT2D eigenvalue weighted by Gasteiger charge is -2.11. The molecule has 0 radical (unpaired) electrons. The van der Waals surface area contributed by atoms with Gasteiger partial charge in [0.25, 0.3) is 0 Å². The number of rotatable bonds is 5. The maximum atomic E-state index is 12.0. The predicted molar refractivity (Wildman–Crippen MR) is 95.5 cm³/mol. The summed E-state index contributed by atoms with van der Waals surface area (Å²) in [7, 11) is 0. The number of H-pyrrole nitrogens is 1. The van der Waals surface area contributed by atoms with Gasteiger partial charge >= 0.3 is 11.3 Å². The van der Waals surface area contributed by atoms with Crippen molar-refractivity contribution in [3.8, 4) is 5.75 Å². The fourth-order valence-corrected chi connectivity index (χ4v) is 3.99. The lowest BCUT2D eigenvalue weighted by molar-refractivity contribution is 0.0941. The van der Waals surface area contributed by atoms with Crippen LogP contribution in [0.25, 0.3) is 11.0 Å². The summed E-state index contributed by atoms with van der Waals surface area (Å²) in [4.78, 5) is 23.8. The molecule has 1 saturated heterocycles. The minimum absolute atomic E-state index is 0.0252. The van der Waals surface area contributed by atoms with E-state index in [0.717, 1.165) is 30.4 Å². The molecule has 0 aliphatic carbocycles. The minimum Gasteiger partial charge on any atom is -0.508 e. The van der Waals surface area contributed by atoms with Crippen molar-refractivity contribution < 1.29 is 14.3 Å². The van der Waals surface area contributed by atoms with Crippen molar-refractivity contribution >= 4 is 22.7 Å². The number of phenolic OH excluding ortho intramolecular Hbond substituents is 1. The maximum Gasteiger partial charge on any atom is 0.344 e. The molecule has 9 heteroatoms. The SMILES string of the molecule is O=c1cc(CSc2n[nH]c(=O)n2C[C@@H]2CCCO2)c2ccc(O)cc2o1. The zero-order valence-corrected chi connectivity index (χ0v) is 14.6. The first-order valence-electron chi connectivity index (χ1n) is 8.25. The molecular weight excluding hydrogens is 358 g/mol. The molecule has 26 heavy (non-hydrogen) atoms. The van der Waals surface area contributed by atoms with Crippen molar-refractivity contribution in [2.45, 2.75) is 36.4 Å². The second-order valence-corrected chi connectivity index (χ2v) is 7.06. The van der Waals surface area contributed by atoms with Gasteiger partial charge in [0.1, 0.15) is 11.3 Å². The van der Waals surface area contributed by atoms with Crippen LogP contribution in [0.2, 0.25) is 0 Å². The number of aromatic nitrogens is 3. The van der Waals surface area contributed by atoms with Crippen molar-refractivity contribution in [1.29, 1.82) is 0 Å². The van der Waals surface area contributed by atoms with Gasteiger partial charge in [-0.1, -0.05) is 11.8 Å². The van der Waals surface area contributed by atoms with Crippen molar-refractivity contribution in [3.63, 3.8) is 0 Å². The minimum atomic E-state index is -0.488. The lowest BCUT2D eigenvalue weighted by atomic mass is 10.1. The molecule has 3 aromatic rings. The van der Waals surface area contributed by atoms with Crippen LogP contribution in [-0.4, -0.2) is 32.6 Å². The molecule has 2 N–H and O–H groups in total. The number of hydrogen-bond acceptors (Lipinski definition) is 7. The second-order valence-electron chi connectivity index (χ2n) is 6.12. The van der Waals surface area contributed by atoms with Crippen LogP contribution in [0.15, 0.2) is 43.4 Å². The number of nitrogens with zero attached hydrogens (tertiary/aromatic N) is 2. The molecule has 0 saturated carbocycles. The number of benzene rings is 1. The number of phenols is 1. The second kappa shape index (κ2) is 7.00. The maximum absolute atomic E-state index is 12.0. The van der Waals surface area contributed by atoms with Crippen molar-refractivity contribution in [2.75, 3.05) is 6.61 Å². The molecule has 8 nitrogen and oxygen atoms in total. The van der Waals surface area contributed by atoms with E-state index in [4.69, 9.17) is 9.15 Å². The van der Waals surface area contributed by atoms with Gasteiger partial charge in [0, 0.05) is 29.9 Å². The average Bonchev–Trinajstić information content (AvgIpc) is 3.24. The summed E-state index contributed by atoms with van der Waals surface area (Å²) in [5, 5.41) is 17.4. The van der Waals surface area contributed by atoms with Crippen LogP contribution in [0.5, 0.6) is 5.75 Å². The molecule has 0 spiro atoms. The number of aromatic amines is 1. The molecule has 1 aromatic carbocycles. The first-order valence-corrected chi connectivity index (χ1v) is 9.24. The first-order chi connectivity index (χ1) is 12.6. The number of nitrogens with one attached hydrogen (secondary N) is 1. The van der Waals surface area contributed by atoms with Crippen LogP contribution < -0.4 is 11.3 Å². The van der Waals surface area contributed by atoms with Crippen LogP contribution in [0, 0.1) is 0 Å². The number of ether oxygens (including phenoxy) is 1. The molecule has 1 aliphatic rings. The third-order valence-electron chi connectivity index (χ3n) is 4.30. The van der Waals surface area contributed by atoms with Gasteiger partial charge < -0.3 is 14.3 Å². The molecule has 0 unspecified atom stereocenters. The predicted octanol–water partition coefficient (Wildman–Crippen LogP) is 1.85. The molecule has 1 aliphatic heterocycles. The first kappa shape index (κ1) is 16.9. The molecular formula is C17H17N3O5S. The molecule has 2 aromatic heterocycles. The zero-order valence-electron chi connectivity index (χ0n) is 13.8. The highest BCUT2D eigenvalue weighted by atomic mass is 32.2. The van der Waals surface area contributed by atoms with E-state index >= 15 is 0 Å². The number of thioether (sulfide) groups is 1. The third kappa shape index (κ3) is 3.40. The fraction of sp³-hybridized carbons (Fsp3) is 0.353. The topological polar surface area (TPSA) is 110 Å². The van der Waals surface area contributed by atoms with Crippen molar-refractivity contribution in [2.24, 2.45) is 0 Å². The van der Waals surface area contributed by atoms with E-state index in [-0.39, 0.29) is 17.5 Å². The Morgan fingerprint density at radius 2 is 2.23 bits per heavy atom. The Labute approximate surface area is 151 Å². The van der Waals surface area contributed by atoms with Gasteiger partial charge in [0.05, 0.1) is 12.6 Å². The van der Waals surface area contributed by atoms with E-state index in [1.807, 2.05) is 0 Å². The van der Waals surface area contributed by atoms with E-state index in [9.17, 15) is 14.7 Å². The summed E-state index contributed by atoms with van der Waals surface area (Å²) in [5.74, 6) is 0.464. The standard InChI is InChI=1S/C17H17N3O5S/c21-11-3-4-13-10(6-15(22)25-14(13)7-11)9-26-17-19-18-16(23)20(17)8-12-2-1-5-24-12/h3-4,6-7,12,21H,1-2,5,8-9H2,(H,18,23)/t12-/m0/s1. The molecule has 0 bridgehead atoms. The highest BCUT2D eigenvalue weighted by Crippen LogP contribution is 2.27. The van der Waals surface area contributed by atoms with E-state index < -0.39 is 5.63 Å². The Hall–Kier alpha value is -2.52. The number of aromatic hydroxyl groups is 1. The summed E-state index contributed by atoms with van der Waals surface area (Å²) in [5.41, 5.74) is 0.315. The Balaban J connectivity index is 1.59. The molecule has 0 amide bonds. The highest BCUT2D eigenvalue weighted by molar-refractivity contribution is 7.98. The van der Waals surface area contributed by atoms with E-state index in [1.54, 1.807) is 16.7 Å². The monoisotopic (exact) mass is 375 g/mol. The summed E-state index contributed by atoms with van der Waals surface area (Å²) < 4.78 is 12.3. The fourth-order valence-electron chi connectivity index (χ4n) is 3.05. The van der Waals surface area contributed by atoms with E-state index in [2.05, 4.69) is 10.2 Å². The summed E-state index contributed by atoms with van der Waals surface area (Å²) in [6.07, 6.45) is 1.95.